The quantitative estimate of drug-likeness (QED) is 0.532. The van der Waals surface area contributed by atoms with Crippen LogP contribution in [0.2, 0.25) is 0 Å². The van der Waals surface area contributed by atoms with Gasteiger partial charge in [-0.2, -0.15) is 0 Å². The molecule has 0 spiro atoms. The van der Waals surface area contributed by atoms with Crippen LogP contribution in [0.1, 0.15) is 16.7 Å². The number of ether oxygens (including phenoxy) is 5. The number of nitrogens with zero attached hydrogens (tertiary/aromatic N) is 1. The Kier molecular flexibility index (Phi) is 6.56. The number of aromatic nitrogens is 1. The first-order chi connectivity index (χ1) is 16.6. The number of hydrogen-bond acceptors (Lipinski definition) is 6. The van der Waals surface area contributed by atoms with Crippen LogP contribution in [0.5, 0.6) is 17.2 Å². The Labute approximate surface area is 198 Å². The van der Waals surface area contributed by atoms with E-state index in [0.717, 1.165) is 34.4 Å². The summed E-state index contributed by atoms with van der Waals surface area (Å²) in [6.45, 7) is 5.01. The Morgan fingerprint density at radius 3 is 2.65 bits per heavy atom. The summed E-state index contributed by atoms with van der Waals surface area (Å²) in [6.07, 6.45) is 0.603. The van der Waals surface area contributed by atoms with Gasteiger partial charge in [-0.15, -0.1) is 0 Å². The molecule has 0 bridgehead atoms. The molecule has 2 aliphatic rings. The molecule has 2 aliphatic heterocycles. The zero-order chi connectivity index (χ0) is 23.5. The lowest BCUT2D eigenvalue weighted by atomic mass is 9.93. The van der Waals surface area contributed by atoms with Crippen LogP contribution in [0.15, 0.2) is 53.3 Å². The number of benzene rings is 2. The molecule has 1 saturated heterocycles. The molecule has 3 heterocycles. The number of hydrogen-bond donors (Lipinski definition) is 0. The summed E-state index contributed by atoms with van der Waals surface area (Å²) < 4.78 is 30.8. The number of pyridine rings is 1. The van der Waals surface area contributed by atoms with Crippen molar-refractivity contribution in [2.24, 2.45) is 0 Å². The molecule has 7 nitrogen and oxygen atoms in total. The summed E-state index contributed by atoms with van der Waals surface area (Å²) >= 11 is 0. The van der Waals surface area contributed by atoms with Crippen molar-refractivity contribution in [3.05, 3.63) is 75.6 Å². The van der Waals surface area contributed by atoms with Gasteiger partial charge in [0.05, 0.1) is 32.6 Å². The Morgan fingerprint density at radius 2 is 1.88 bits per heavy atom. The smallest absolute Gasteiger partial charge is 0.254 e. The number of rotatable bonds is 7. The van der Waals surface area contributed by atoms with Crippen LogP contribution >= 0.6 is 0 Å². The SMILES string of the molecule is COc1cc2c(cc1OCc1ccccc1)-c1c(C)c(OC[C@@H]3COCCO3)cc(=O)n1CC2. The van der Waals surface area contributed by atoms with Crippen LogP contribution in [-0.4, -0.2) is 44.2 Å². The zero-order valence-corrected chi connectivity index (χ0v) is 19.5. The van der Waals surface area contributed by atoms with Crippen LogP contribution in [0.3, 0.4) is 0 Å². The van der Waals surface area contributed by atoms with Crippen LogP contribution in [-0.2, 0) is 29.0 Å². The zero-order valence-electron chi connectivity index (χ0n) is 19.5. The lowest BCUT2D eigenvalue weighted by Crippen LogP contribution is -2.34. The molecule has 34 heavy (non-hydrogen) atoms. The minimum Gasteiger partial charge on any atom is -0.493 e. The second-order valence-corrected chi connectivity index (χ2v) is 8.54. The molecule has 3 aromatic rings. The predicted molar refractivity (Wildman–Crippen MR) is 128 cm³/mol. The summed E-state index contributed by atoms with van der Waals surface area (Å²) in [4.78, 5) is 13.0. The van der Waals surface area contributed by atoms with E-state index in [-0.39, 0.29) is 11.7 Å². The van der Waals surface area contributed by atoms with E-state index in [9.17, 15) is 4.79 Å². The van der Waals surface area contributed by atoms with Gasteiger partial charge in [0.2, 0.25) is 0 Å². The Morgan fingerprint density at radius 1 is 1.03 bits per heavy atom. The van der Waals surface area contributed by atoms with Gasteiger partial charge >= 0.3 is 0 Å². The summed E-state index contributed by atoms with van der Waals surface area (Å²) in [5.74, 6) is 1.90. The van der Waals surface area contributed by atoms with Crippen molar-refractivity contribution in [1.82, 2.24) is 4.57 Å². The third-order valence-corrected chi connectivity index (χ3v) is 6.31. The van der Waals surface area contributed by atoms with Gasteiger partial charge in [0.15, 0.2) is 11.5 Å². The van der Waals surface area contributed by atoms with Crippen LogP contribution in [0.4, 0.5) is 0 Å². The molecule has 1 fully saturated rings. The monoisotopic (exact) mass is 463 g/mol. The summed E-state index contributed by atoms with van der Waals surface area (Å²) in [7, 11) is 1.65. The van der Waals surface area contributed by atoms with Gasteiger partial charge in [-0.05, 0) is 36.6 Å². The topological polar surface area (TPSA) is 68.2 Å². The molecule has 0 saturated carbocycles. The number of methoxy groups -OCH3 is 1. The van der Waals surface area contributed by atoms with Crippen molar-refractivity contribution in [3.63, 3.8) is 0 Å². The van der Waals surface area contributed by atoms with E-state index < -0.39 is 0 Å². The van der Waals surface area contributed by atoms with E-state index >= 15 is 0 Å². The molecule has 0 amide bonds. The average Bonchev–Trinajstić information content (AvgIpc) is 2.88. The highest BCUT2D eigenvalue weighted by atomic mass is 16.6. The maximum Gasteiger partial charge on any atom is 0.254 e. The fourth-order valence-electron chi connectivity index (χ4n) is 4.53. The fraction of sp³-hybridized carbons (Fsp3) is 0.370. The molecule has 0 radical (unpaired) electrons. The number of fused-ring (bicyclic) bond motifs is 3. The first kappa shape index (κ1) is 22.5. The first-order valence-corrected chi connectivity index (χ1v) is 11.6. The summed E-state index contributed by atoms with van der Waals surface area (Å²) in [5.41, 5.74) is 4.84. The maximum absolute atomic E-state index is 13.0. The van der Waals surface area contributed by atoms with Gasteiger partial charge < -0.3 is 28.3 Å². The lowest BCUT2D eigenvalue weighted by Gasteiger charge is -2.27. The van der Waals surface area contributed by atoms with Crippen molar-refractivity contribution >= 4 is 0 Å². The molecule has 0 unspecified atom stereocenters. The molecular weight excluding hydrogens is 434 g/mol. The van der Waals surface area contributed by atoms with Crippen molar-refractivity contribution in [1.29, 1.82) is 0 Å². The van der Waals surface area contributed by atoms with E-state index in [0.29, 0.717) is 56.8 Å². The van der Waals surface area contributed by atoms with Crippen LogP contribution < -0.4 is 19.8 Å². The van der Waals surface area contributed by atoms with E-state index in [2.05, 4.69) is 0 Å². The van der Waals surface area contributed by atoms with Gasteiger partial charge in [0.25, 0.3) is 5.56 Å². The van der Waals surface area contributed by atoms with Crippen molar-refractivity contribution in [2.75, 3.05) is 33.5 Å². The van der Waals surface area contributed by atoms with Gasteiger partial charge in [0, 0.05) is 23.7 Å². The molecule has 0 aliphatic carbocycles. The second kappa shape index (κ2) is 9.91. The van der Waals surface area contributed by atoms with Crippen molar-refractivity contribution in [3.8, 4) is 28.5 Å². The molecule has 178 valence electrons. The lowest BCUT2D eigenvalue weighted by molar-refractivity contribution is -0.101. The third-order valence-electron chi connectivity index (χ3n) is 6.31. The predicted octanol–water partition coefficient (Wildman–Crippen LogP) is 3.76. The Balaban J connectivity index is 1.48. The first-order valence-electron chi connectivity index (χ1n) is 11.6. The highest BCUT2D eigenvalue weighted by Crippen LogP contribution is 2.41. The summed E-state index contributed by atoms with van der Waals surface area (Å²) in [5, 5.41) is 0. The highest BCUT2D eigenvalue weighted by molar-refractivity contribution is 5.74. The molecule has 1 atom stereocenters. The van der Waals surface area contributed by atoms with Gasteiger partial charge in [-0.1, -0.05) is 30.3 Å². The van der Waals surface area contributed by atoms with Crippen molar-refractivity contribution < 1.29 is 23.7 Å². The Bertz CT molecular complexity index is 1210. The molecule has 7 heteroatoms. The third kappa shape index (κ3) is 4.54. The molecular formula is C27H29NO6. The second-order valence-electron chi connectivity index (χ2n) is 8.54. The highest BCUT2D eigenvalue weighted by Gasteiger charge is 2.25. The van der Waals surface area contributed by atoms with E-state index in [4.69, 9.17) is 23.7 Å². The van der Waals surface area contributed by atoms with Gasteiger partial charge in [-0.25, -0.2) is 0 Å². The molecule has 1 aromatic heterocycles. The Hall–Kier alpha value is -3.29. The van der Waals surface area contributed by atoms with E-state index in [1.807, 2.05) is 54.0 Å². The number of aryl methyl sites for hydroxylation is 1. The standard InChI is InChI=1S/C27H29NO6/c1-18-23(34-17-21-16-31-10-11-32-21)14-26(29)28-9-8-20-12-24(30-2)25(13-22(20)27(18)28)33-15-19-6-4-3-5-7-19/h3-7,12-14,21H,8-11,15-17H2,1-2H3/t21-/m0/s1. The molecule has 2 aromatic carbocycles. The average molecular weight is 464 g/mol. The largest absolute Gasteiger partial charge is 0.493 e. The minimum absolute atomic E-state index is 0.0790. The van der Waals surface area contributed by atoms with E-state index in [1.54, 1.807) is 13.2 Å². The van der Waals surface area contributed by atoms with Crippen LogP contribution in [0, 0.1) is 6.92 Å². The van der Waals surface area contributed by atoms with E-state index in [1.165, 1.54) is 0 Å². The fourth-order valence-corrected chi connectivity index (χ4v) is 4.53. The van der Waals surface area contributed by atoms with Gasteiger partial charge in [0.1, 0.15) is 25.1 Å². The van der Waals surface area contributed by atoms with Crippen molar-refractivity contribution in [2.45, 2.75) is 32.6 Å². The maximum atomic E-state index is 13.0. The van der Waals surface area contributed by atoms with Crippen LogP contribution in [0.25, 0.3) is 11.3 Å². The molecule has 5 rings (SSSR count). The van der Waals surface area contributed by atoms with Gasteiger partial charge in [-0.3, -0.25) is 4.79 Å². The molecule has 0 N–H and O–H groups in total. The normalized spacial score (nSPS) is 16.9. The summed E-state index contributed by atoms with van der Waals surface area (Å²) in [6, 6.07) is 15.6. The minimum atomic E-state index is -0.138.